The highest BCUT2D eigenvalue weighted by Gasteiger charge is 2.34. The molecule has 150 valence electrons. The van der Waals surface area contributed by atoms with Crippen LogP contribution in [-0.4, -0.2) is 54.5 Å². The van der Waals surface area contributed by atoms with Crippen LogP contribution in [0.1, 0.15) is 24.1 Å². The topological polar surface area (TPSA) is 61.2 Å². The maximum Gasteiger partial charge on any atom is 0.222 e. The Labute approximate surface area is 175 Å². The van der Waals surface area contributed by atoms with E-state index in [9.17, 15) is 4.79 Å². The van der Waals surface area contributed by atoms with Crippen LogP contribution in [0, 0.1) is 6.92 Å². The zero-order chi connectivity index (χ0) is 20.3. The minimum absolute atomic E-state index is 0.151. The number of hydrogen-bond donors (Lipinski definition) is 0. The Balaban J connectivity index is 1.36. The van der Waals surface area contributed by atoms with E-state index < -0.39 is 5.54 Å². The summed E-state index contributed by atoms with van der Waals surface area (Å²) < 4.78 is 0. The van der Waals surface area contributed by atoms with Gasteiger partial charge in [0.2, 0.25) is 5.91 Å². The lowest BCUT2D eigenvalue weighted by Gasteiger charge is -2.37. The maximum atomic E-state index is 12.9. The highest BCUT2D eigenvalue weighted by Crippen LogP contribution is 2.30. The molecule has 0 spiro atoms. The third-order valence-corrected chi connectivity index (χ3v) is 5.85. The summed E-state index contributed by atoms with van der Waals surface area (Å²) in [5.41, 5.74) is 2.54. The number of carbonyl (C=O) groups is 1. The Hall–Kier alpha value is -2.73. The highest BCUT2D eigenvalue weighted by molar-refractivity contribution is 6.30. The van der Waals surface area contributed by atoms with Crippen LogP contribution in [0.3, 0.4) is 0 Å². The number of aromatic nitrogens is 1. The normalized spacial score (nSPS) is 21.0. The van der Waals surface area contributed by atoms with Gasteiger partial charge in [-0.15, -0.1) is 0 Å². The highest BCUT2D eigenvalue weighted by atomic mass is 35.5. The zero-order valence-electron chi connectivity index (χ0n) is 16.5. The first kappa shape index (κ1) is 19.6. The van der Waals surface area contributed by atoms with Crippen LogP contribution in [0.4, 0.5) is 5.69 Å². The van der Waals surface area contributed by atoms with Crippen LogP contribution in [0.15, 0.2) is 52.6 Å². The number of rotatable bonds is 5. The molecule has 7 heteroatoms. The number of amides is 1. The molecule has 2 aliphatic rings. The van der Waals surface area contributed by atoms with Crippen molar-refractivity contribution in [1.82, 2.24) is 9.88 Å². The van der Waals surface area contributed by atoms with E-state index in [4.69, 9.17) is 11.6 Å². The van der Waals surface area contributed by atoms with Crippen LogP contribution < -0.4 is 4.90 Å². The number of benzene rings is 1. The second-order valence-electron chi connectivity index (χ2n) is 7.46. The lowest BCUT2D eigenvalue weighted by atomic mass is 9.91. The van der Waals surface area contributed by atoms with Gasteiger partial charge in [0.15, 0.2) is 0 Å². The largest absolute Gasteiger partial charge is 0.368 e. The van der Waals surface area contributed by atoms with E-state index >= 15 is 0 Å². The molecule has 2 aliphatic heterocycles. The summed E-state index contributed by atoms with van der Waals surface area (Å²) in [6.45, 7) is 5.11. The quantitative estimate of drug-likeness (QED) is 0.759. The summed E-state index contributed by atoms with van der Waals surface area (Å²) in [7, 11) is 0. The third-order valence-electron chi connectivity index (χ3n) is 5.62. The average Bonchev–Trinajstić information content (AvgIpc) is 3.25. The fourth-order valence-electron chi connectivity index (χ4n) is 3.91. The van der Waals surface area contributed by atoms with Gasteiger partial charge >= 0.3 is 0 Å². The van der Waals surface area contributed by atoms with E-state index in [0.717, 1.165) is 29.5 Å². The molecule has 0 saturated carbocycles. The van der Waals surface area contributed by atoms with Crippen molar-refractivity contribution in [2.45, 2.75) is 25.3 Å². The number of halogens is 1. The fraction of sp³-hybridized carbons (Fsp3) is 0.364. The van der Waals surface area contributed by atoms with Gasteiger partial charge in [-0.2, -0.15) is 0 Å². The summed E-state index contributed by atoms with van der Waals surface area (Å²) in [5.74, 6) is 0.151. The molecule has 0 bridgehead atoms. The first-order chi connectivity index (χ1) is 14.1. The van der Waals surface area contributed by atoms with E-state index in [-0.39, 0.29) is 5.91 Å². The first-order valence-corrected chi connectivity index (χ1v) is 10.2. The molecule has 1 aromatic heterocycles. The molecule has 29 heavy (non-hydrogen) atoms. The monoisotopic (exact) mass is 409 g/mol. The molecule has 0 radical (unpaired) electrons. The molecule has 6 nitrogen and oxygen atoms in total. The van der Waals surface area contributed by atoms with Crippen LogP contribution >= 0.6 is 11.6 Å². The summed E-state index contributed by atoms with van der Waals surface area (Å²) in [5, 5.41) is 0.739. The van der Waals surface area contributed by atoms with Gasteiger partial charge in [0.25, 0.3) is 0 Å². The Morgan fingerprint density at radius 1 is 1.17 bits per heavy atom. The van der Waals surface area contributed by atoms with Crippen molar-refractivity contribution in [3.63, 3.8) is 0 Å². The summed E-state index contributed by atoms with van der Waals surface area (Å²) in [6.07, 6.45) is 6.07. The van der Waals surface area contributed by atoms with Crippen LogP contribution in [0.2, 0.25) is 5.02 Å². The minimum atomic E-state index is -0.628. The summed E-state index contributed by atoms with van der Waals surface area (Å²) in [6, 6.07) is 11.7. The number of carbonyl (C=O) groups excluding carboxylic acids is 1. The van der Waals surface area contributed by atoms with Crippen LogP contribution in [0.25, 0.3) is 0 Å². The molecule has 1 atom stereocenters. The van der Waals surface area contributed by atoms with Crippen molar-refractivity contribution >= 4 is 35.7 Å². The zero-order valence-corrected chi connectivity index (χ0v) is 17.2. The molecular weight excluding hydrogens is 386 g/mol. The van der Waals surface area contributed by atoms with Crippen molar-refractivity contribution in [1.29, 1.82) is 0 Å². The van der Waals surface area contributed by atoms with Gasteiger partial charge in [-0.3, -0.25) is 14.8 Å². The third kappa shape index (κ3) is 4.17. The van der Waals surface area contributed by atoms with E-state index in [1.165, 1.54) is 5.56 Å². The number of aryl methyl sites for hydroxylation is 1. The number of hydrogen-bond acceptors (Lipinski definition) is 5. The molecule has 1 fully saturated rings. The number of pyridine rings is 1. The summed E-state index contributed by atoms with van der Waals surface area (Å²) >= 11 is 6.16. The average molecular weight is 410 g/mol. The van der Waals surface area contributed by atoms with Gasteiger partial charge in [-0.1, -0.05) is 23.7 Å². The molecule has 1 saturated heterocycles. The van der Waals surface area contributed by atoms with E-state index in [1.807, 2.05) is 41.3 Å². The van der Waals surface area contributed by atoms with Gasteiger partial charge in [-0.25, -0.2) is 4.99 Å². The van der Waals surface area contributed by atoms with E-state index in [2.05, 4.69) is 26.8 Å². The Kier molecular flexibility index (Phi) is 5.62. The minimum Gasteiger partial charge on any atom is -0.368 e. The standard InChI is InChI=1S/C22H24ClN5O/c1-17-5-6-18(23)14-19(17)27-10-12-28(13-11-27)21(29)7-8-22(15-24-16-26-22)20-4-2-3-9-25-20/h2-6,9,14-16H,7-8,10-13H2,1H3. The van der Waals surface area contributed by atoms with Gasteiger partial charge in [-0.05, 0) is 43.2 Å². The van der Waals surface area contributed by atoms with Crippen molar-refractivity contribution < 1.29 is 4.79 Å². The maximum absolute atomic E-state index is 12.9. The fourth-order valence-corrected chi connectivity index (χ4v) is 4.08. The predicted molar refractivity (Wildman–Crippen MR) is 117 cm³/mol. The molecule has 4 rings (SSSR count). The lowest BCUT2D eigenvalue weighted by molar-refractivity contribution is -0.131. The molecule has 1 unspecified atom stereocenters. The molecule has 3 heterocycles. The Morgan fingerprint density at radius 2 is 2.00 bits per heavy atom. The molecule has 0 aliphatic carbocycles. The Bertz CT molecular complexity index is 923. The first-order valence-electron chi connectivity index (χ1n) is 9.86. The Morgan fingerprint density at radius 3 is 2.69 bits per heavy atom. The second-order valence-corrected chi connectivity index (χ2v) is 7.90. The lowest BCUT2D eigenvalue weighted by Crippen LogP contribution is -2.49. The van der Waals surface area contributed by atoms with E-state index in [1.54, 1.807) is 18.7 Å². The van der Waals surface area contributed by atoms with Crippen LogP contribution in [-0.2, 0) is 10.3 Å². The molecule has 1 amide bonds. The van der Waals surface area contributed by atoms with Crippen molar-refractivity contribution in [3.05, 3.63) is 58.9 Å². The molecule has 1 aromatic carbocycles. The molecule has 2 aromatic rings. The second kappa shape index (κ2) is 8.33. The SMILES string of the molecule is Cc1ccc(Cl)cc1N1CCN(C(=O)CCC2(c3ccccn3)C=NC=N2)CC1. The number of aliphatic imine (C=N–C) groups is 2. The number of anilines is 1. The molecular formula is C22H24ClN5O. The number of piperazine rings is 1. The van der Waals surface area contributed by atoms with Crippen molar-refractivity contribution in [2.75, 3.05) is 31.1 Å². The van der Waals surface area contributed by atoms with Crippen molar-refractivity contribution in [2.24, 2.45) is 9.98 Å². The van der Waals surface area contributed by atoms with Crippen molar-refractivity contribution in [3.8, 4) is 0 Å². The van der Waals surface area contributed by atoms with Crippen LogP contribution in [0.5, 0.6) is 0 Å². The smallest absolute Gasteiger partial charge is 0.222 e. The van der Waals surface area contributed by atoms with Gasteiger partial charge in [0, 0.05) is 55.7 Å². The van der Waals surface area contributed by atoms with E-state index in [0.29, 0.717) is 25.9 Å². The van der Waals surface area contributed by atoms with Gasteiger partial charge in [0.1, 0.15) is 11.9 Å². The number of nitrogens with zero attached hydrogens (tertiary/aromatic N) is 5. The summed E-state index contributed by atoms with van der Waals surface area (Å²) in [4.78, 5) is 30.2. The predicted octanol–water partition coefficient (Wildman–Crippen LogP) is 3.48. The van der Waals surface area contributed by atoms with Gasteiger partial charge in [0.05, 0.1) is 5.69 Å². The molecule has 0 N–H and O–H groups in total. The van der Waals surface area contributed by atoms with Gasteiger partial charge < -0.3 is 9.80 Å².